The first-order valence-electron chi connectivity index (χ1n) is 6.12. The van der Waals surface area contributed by atoms with Gasteiger partial charge in [-0.05, 0) is 18.6 Å². The SMILES string of the molecule is CCc1cc(NC(=O)c2cc(-c3ccco3)on2)n[nH]1. The van der Waals surface area contributed by atoms with E-state index in [0.29, 0.717) is 17.3 Å². The van der Waals surface area contributed by atoms with Gasteiger partial charge in [-0.15, -0.1) is 0 Å². The first-order valence-corrected chi connectivity index (χ1v) is 6.12. The maximum atomic E-state index is 12.0. The number of nitrogens with one attached hydrogen (secondary N) is 2. The Kier molecular flexibility index (Phi) is 3.08. The van der Waals surface area contributed by atoms with Crippen molar-refractivity contribution >= 4 is 11.7 Å². The quantitative estimate of drug-likeness (QED) is 0.760. The van der Waals surface area contributed by atoms with Crippen molar-refractivity contribution in [2.45, 2.75) is 13.3 Å². The van der Waals surface area contributed by atoms with Gasteiger partial charge in [0, 0.05) is 17.8 Å². The Morgan fingerprint density at radius 1 is 1.40 bits per heavy atom. The Labute approximate surface area is 114 Å². The number of hydrogen-bond donors (Lipinski definition) is 2. The molecule has 0 aliphatic carbocycles. The summed E-state index contributed by atoms with van der Waals surface area (Å²) in [6.45, 7) is 1.99. The fraction of sp³-hybridized carbons (Fsp3) is 0.154. The van der Waals surface area contributed by atoms with Crippen molar-refractivity contribution < 1.29 is 13.7 Å². The molecule has 0 aromatic carbocycles. The van der Waals surface area contributed by atoms with E-state index >= 15 is 0 Å². The van der Waals surface area contributed by atoms with Gasteiger partial charge in [0.1, 0.15) is 0 Å². The molecule has 0 radical (unpaired) electrons. The molecule has 3 aromatic heterocycles. The van der Waals surface area contributed by atoms with E-state index in [1.807, 2.05) is 6.92 Å². The lowest BCUT2D eigenvalue weighted by Gasteiger charge is -1.95. The number of furan rings is 1. The average Bonchev–Trinajstić information content (AvgIpc) is 3.19. The minimum absolute atomic E-state index is 0.164. The summed E-state index contributed by atoms with van der Waals surface area (Å²) in [6.07, 6.45) is 2.34. The number of aryl methyl sites for hydroxylation is 1. The third kappa shape index (κ3) is 2.33. The van der Waals surface area contributed by atoms with Gasteiger partial charge in [0.25, 0.3) is 5.91 Å². The molecule has 3 rings (SSSR count). The highest BCUT2D eigenvalue weighted by atomic mass is 16.5. The molecule has 0 bridgehead atoms. The maximum absolute atomic E-state index is 12.0. The number of nitrogens with zero attached hydrogens (tertiary/aromatic N) is 2. The van der Waals surface area contributed by atoms with Crippen molar-refractivity contribution in [1.29, 1.82) is 0 Å². The Morgan fingerprint density at radius 2 is 2.30 bits per heavy atom. The van der Waals surface area contributed by atoms with E-state index in [1.165, 1.54) is 12.3 Å². The highest BCUT2D eigenvalue weighted by Gasteiger charge is 2.16. The van der Waals surface area contributed by atoms with Crippen molar-refractivity contribution in [3.05, 3.63) is 41.9 Å². The van der Waals surface area contributed by atoms with Crippen molar-refractivity contribution in [3.63, 3.8) is 0 Å². The standard InChI is InChI=1S/C13H12N4O3/c1-2-8-6-12(16-15-8)14-13(18)9-7-11(20-17-9)10-4-3-5-19-10/h3-7H,2H2,1H3,(H2,14,15,16,18). The van der Waals surface area contributed by atoms with Crippen LogP contribution in [0.2, 0.25) is 0 Å². The molecule has 2 N–H and O–H groups in total. The molecule has 0 aliphatic rings. The second-order valence-corrected chi connectivity index (χ2v) is 4.14. The molecule has 0 saturated carbocycles. The fourth-order valence-corrected chi connectivity index (χ4v) is 1.70. The number of amides is 1. The van der Waals surface area contributed by atoms with Crippen LogP contribution in [0.5, 0.6) is 0 Å². The third-order valence-electron chi connectivity index (χ3n) is 2.76. The number of aromatic nitrogens is 3. The fourth-order valence-electron chi connectivity index (χ4n) is 1.70. The molecular formula is C13H12N4O3. The van der Waals surface area contributed by atoms with Crippen LogP contribution in [0.1, 0.15) is 23.1 Å². The molecule has 3 aromatic rings. The summed E-state index contributed by atoms with van der Waals surface area (Å²) in [5.41, 5.74) is 1.11. The van der Waals surface area contributed by atoms with Gasteiger partial charge in [-0.3, -0.25) is 9.89 Å². The van der Waals surface area contributed by atoms with Crippen molar-refractivity contribution in [1.82, 2.24) is 15.4 Å². The van der Waals surface area contributed by atoms with E-state index in [1.54, 1.807) is 18.2 Å². The first-order chi connectivity index (χ1) is 9.76. The van der Waals surface area contributed by atoms with Crippen LogP contribution in [0, 0.1) is 0 Å². The largest absolute Gasteiger partial charge is 0.461 e. The number of carbonyl (C=O) groups is 1. The number of hydrogen-bond acceptors (Lipinski definition) is 5. The van der Waals surface area contributed by atoms with E-state index in [2.05, 4.69) is 20.7 Å². The average molecular weight is 272 g/mol. The van der Waals surface area contributed by atoms with Gasteiger partial charge in [0.05, 0.1) is 6.26 Å². The molecule has 0 atom stereocenters. The van der Waals surface area contributed by atoms with Gasteiger partial charge in [0.2, 0.25) is 5.76 Å². The number of anilines is 1. The number of rotatable bonds is 4. The predicted octanol–water partition coefficient (Wildman–Crippen LogP) is 2.47. The second-order valence-electron chi connectivity index (χ2n) is 4.14. The summed E-state index contributed by atoms with van der Waals surface area (Å²) in [7, 11) is 0. The molecular weight excluding hydrogens is 260 g/mol. The monoisotopic (exact) mass is 272 g/mol. The summed E-state index contributed by atoms with van der Waals surface area (Å²) in [5.74, 6) is 0.983. The van der Waals surface area contributed by atoms with Gasteiger partial charge >= 0.3 is 0 Å². The van der Waals surface area contributed by atoms with Gasteiger partial charge in [0.15, 0.2) is 17.3 Å². The summed E-state index contributed by atoms with van der Waals surface area (Å²) in [4.78, 5) is 12.0. The van der Waals surface area contributed by atoms with E-state index in [9.17, 15) is 4.79 Å². The highest BCUT2D eigenvalue weighted by molar-refractivity contribution is 6.02. The molecule has 0 unspecified atom stereocenters. The van der Waals surface area contributed by atoms with E-state index in [4.69, 9.17) is 8.94 Å². The van der Waals surface area contributed by atoms with E-state index < -0.39 is 0 Å². The summed E-state index contributed by atoms with van der Waals surface area (Å²) < 4.78 is 10.2. The number of H-pyrrole nitrogens is 1. The molecule has 1 amide bonds. The van der Waals surface area contributed by atoms with Crippen LogP contribution >= 0.6 is 0 Å². The van der Waals surface area contributed by atoms with Crippen LogP contribution in [0.15, 0.2) is 39.5 Å². The first kappa shape index (κ1) is 12.2. The predicted molar refractivity (Wildman–Crippen MR) is 70.1 cm³/mol. The van der Waals surface area contributed by atoms with E-state index in [-0.39, 0.29) is 11.6 Å². The Bertz CT molecular complexity index is 712. The van der Waals surface area contributed by atoms with Crippen LogP contribution in [-0.2, 0) is 6.42 Å². The van der Waals surface area contributed by atoms with Crippen molar-refractivity contribution in [2.24, 2.45) is 0 Å². The van der Waals surface area contributed by atoms with Gasteiger partial charge in [-0.25, -0.2) is 0 Å². The van der Waals surface area contributed by atoms with Crippen LogP contribution in [0.4, 0.5) is 5.82 Å². The topological polar surface area (TPSA) is 97.0 Å². The zero-order valence-electron chi connectivity index (χ0n) is 10.7. The minimum Gasteiger partial charge on any atom is -0.461 e. The molecule has 20 heavy (non-hydrogen) atoms. The maximum Gasteiger partial charge on any atom is 0.279 e. The Hall–Kier alpha value is -2.83. The smallest absolute Gasteiger partial charge is 0.279 e. The van der Waals surface area contributed by atoms with Gasteiger partial charge in [-0.1, -0.05) is 12.1 Å². The molecule has 102 valence electrons. The highest BCUT2D eigenvalue weighted by Crippen LogP contribution is 2.20. The van der Waals surface area contributed by atoms with Crippen LogP contribution in [0.3, 0.4) is 0 Å². The zero-order chi connectivity index (χ0) is 13.9. The van der Waals surface area contributed by atoms with Crippen molar-refractivity contribution in [3.8, 4) is 11.5 Å². The van der Waals surface area contributed by atoms with Crippen LogP contribution in [0.25, 0.3) is 11.5 Å². The Balaban J connectivity index is 1.74. The molecule has 3 heterocycles. The molecule has 0 aliphatic heterocycles. The van der Waals surface area contributed by atoms with Crippen LogP contribution < -0.4 is 5.32 Å². The molecule has 0 saturated heterocycles. The number of aromatic amines is 1. The zero-order valence-corrected chi connectivity index (χ0v) is 10.7. The molecule has 7 heteroatoms. The summed E-state index contributed by atoms with van der Waals surface area (Å²) >= 11 is 0. The lowest BCUT2D eigenvalue weighted by atomic mass is 10.3. The molecule has 0 spiro atoms. The van der Waals surface area contributed by atoms with Crippen LogP contribution in [-0.4, -0.2) is 21.3 Å². The summed E-state index contributed by atoms with van der Waals surface area (Å²) in [6, 6.07) is 6.74. The molecule has 0 fully saturated rings. The third-order valence-corrected chi connectivity index (χ3v) is 2.76. The van der Waals surface area contributed by atoms with Crippen molar-refractivity contribution in [2.75, 3.05) is 5.32 Å². The lowest BCUT2D eigenvalue weighted by molar-refractivity contribution is 0.101. The van der Waals surface area contributed by atoms with Gasteiger partial charge < -0.3 is 14.3 Å². The summed E-state index contributed by atoms with van der Waals surface area (Å²) in [5, 5.41) is 13.1. The van der Waals surface area contributed by atoms with Gasteiger partial charge in [-0.2, -0.15) is 5.10 Å². The molecule has 7 nitrogen and oxygen atoms in total. The Morgan fingerprint density at radius 3 is 3.00 bits per heavy atom. The lowest BCUT2D eigenvalue weighted by Crippen LogP contribution is -2.12. The van der Waals surface area contributed by atoms with E-state index in [0.717, 1.165) is 12.1 Å². The second kappa shape index (κ2) is 5.04. The normalized spacial score (nSPS) is 10.7. The number of carbonyl (C=O) groups excluding carboxylic acids is 1. The minimum atomic E-state index is -0.388.